The first-order chi connectivity index (χ1) is 13.2. The summed E-state index contributed by atoms with van der Waals surface area (Å²) < 4.78 is 13.7. The third-order valence-corrected chi connectivity index (χ3v) is 3.14. The number of hydrogen-bond acceptors (Lipinski definition) is 7. The molecule has 0 aromatic heterocycles. The lowest BCUT2D eigenvalue weighted by Gasteiger charge is -2.13. The van der Waals surface area contributed by atoms with Crippen LogP contribution in [-0.2, 0) is 28.6 Å². The van der Waals surface area contributed by atoms with Gasteiger partial charge in [0.25, 0.3) is 0 Å². The van der Waals surface area contributed by atoms with Crippen LogP contribution in [-0.4, -0.2) is 42.8 Å². The maximum atomic E-state index is 10.8. The van der Waals surface area contributed by atoms with E-state index in [0.717, 1.165) is 18.9 Å². The van der Waals surface area contributed by atoms with Gasteiger partial charge in [0.15, 0.2) is 5.76 Å². The Hall–Kier alpha value is -2.57. The van der Waals surface area contributed by atoms with Crippen molar-refractivity contribution in [3.63, 3.8) is 0 Å². The van der Waals surface area contributed by atoms with Crippen LogP contribution in [0.2, 0.25) is 0 Å². The molecule has 0 aliphatic rings. The first-order valence-electron chi connectivity index (χ1n) is 9.36. The molecule has 0 saturated heterocycles. The minimum atomic E-state index is -0.757. The predicted octanol–water partition coefficient (Wildman–Crippen LogP) is 4.29. The van der Waals surface area contributed by atoms with Gasteiger partial charge in [0.2, 0.25) is 0 Å². The summed E-state index contributed by atoms with van der Waals surface area (Å²) >= 11 is 0. The Balaban J connectivity index is -0.000000359. The fourth-order valence-electron chi connectivity index (χ4n) is 1.57. The third kappa shape index (κ3) is 23.4. The lowest BCUT2D eigenvalue weighted by atomic mass is 10.0. The largest absolute Gasteiger partial charge is 0.502 e. The number of unbranched alkanes of at least 4 members (excludes halogenated alkanes) is 1. The number of hydrogen-bond donors (Lipinski definition) is 1. The molecule has 28 heavy (non-hydrogen) atoms. The normalized spacial score (nSPS) is 9.86. The van der Waals surface area contributed by atoms with E-state index in [1.807, 2.05) is 0 Å². The van der Waals surface area contributed by atoms with Gasteiger partial charge in [-0.05, 0) is 32.8 Å². The molecule has 0 radical (unpaired) electrons. The lowest BCUT2D eigenvalue weighted by Crippen LogP contribution is -2.12. The highest BCUT2D eigenvalue weighted by molar-refractivity contribution is 5.84. The van der Waals surface area contributed by atoms with Crippen LogP contribution in [0.25, 0.3) is 0 Å². The second kappa shape index (κ2) is 22.5. The van der Waals surface area contributed by atoms with E-state index >= 15 is 0 Å². The molecule has 1 atom stereocenters. The second-order valence-corrected chi connectivity index (χ2v) is 5.37. The van der Waals surface area contributed by atoms with Crippen molar-refractivity contribution in [2.45, 2.75) is 53.4 Å². The molecule has 0 saturated carbocycles. The van der Waals surface area contributed by atoms with Crippen LogP contribution in [0.5, 0.6) is 0 Å². The molecule has 0 fully saturated rings. The molecule has 1 N–H and O–H groups in total. The molecule has 0 spiro atoms. The Bertz CT molecular complexity index is 469. The fourth-order valence-corrected chi connectivity index (χ4v) is 1.57. The number of aliphatic hydroxyl groups excluding tert-OH is 1. The topological polar surface area (TPSA) is 99.1 Å². The number of esters is 3. The van der Waals surface area contributed by atoms with Crippen molar-refractivity contribution >= 4 is 17.9 Å². The maximum Gasteiger partial charge on any atom is 0.372 e. The third-order valence-electron chi connectivity index (χ3n) is 3.14. The van der Waals surface area contributed by atoms with Crippen LogP contribution in [0.1, 0.15) is 53.4 Å². The van der Waals surface area contributed by atoms with E-state index in [9.17, 15) is 14.4 Å². The summed E-state index contributed by atoms with van der Waals surface area (Å²) in [5.41, 5.74) is 0. The van der Waals surface area contributed by atoms with E-state index in [0.29, 0.717) is 19.1 Å². The highest BCUT2D eigenvalue weighted by Gasteiger charge is 2.07. The molecule has 0 bridgehead atoms. The van der Waals surface area contributed by atoms with Gasteiger partial charge in [0.1, 0.15) is 0 Å². The Morgan fingerprint density at radius 2 is 1.43 bits per heavy atom. The Kier molecular flexibility index (Phi) is 24.2. The SMILES string of the molecule is C=C(O)C(=O)OCC.C=CC(=O)OCC.C=CC(=O)OCC(CC)CCCC. The summed E-state index contributed by atoms with van der Waals surface area (Å²) in [6.45, 7) is 18.4. The average Bonchev–Trinajstić information content (AvgIpc) is 2.69. The predicted molar refractivity (Wildman–Crippen MR) is 110 cm³/mol. The van der Waals surface area contributed by atoms with Crippen molar-refractivity contribution in [3.8, 4) is 0 Å². The average molecular weight is 401 g/mol. The number of aliphatic hydroxyl groups is 1. The molecular formula is C21H36O7. The van der Waals surface area contributed by atoms with Gasteiger partial charge in [0.05, 0.1) is 19.8 Å². The number of ether oxygens (including phenoxy) is 3. The zero-order valence-corrected chi connectivity index (χ0v) is 17.7. The number of carbonyl (C=O) groups is 3. The molecule has 162 valence electrons. The monoisotopic (exact) mass is 400 g/mol. The Morgan fingerprint density at radius 3 is 1.71 bits per heavy atom. The Labute approximate surface area is 169 Å². The van der Waals surface area contributed by atoms with Crippen LogP contribution in [0.3, 0.4) is 0 Å². The molecule has 0 aliphatic carbocycles. The minimum absolute atomic E-state index is 0.262. The van der Waals surface area contributed by atoms with Gasteiger partial charge in [-0.3, -0.25) is 0 Å². The second-order valence-electron chi connectivity index (χ2n) is 5.37. The van der Waals surface area contributed by atoms with Gasteiger partial charge in [-0.25, -0.2) is 14.4 Å². The van der Waals surface area contributed by atoms with Crippen molar-refractivity contribution in [1.29, 1.82) is 0 Å². The van der Waals surface area contributed by atoms with E-state index in [1.165, 1.54) is 18.9 Å². The van der Waals surface area contributed by atoms with Gasteiger partial charge in [0, 0.05) is 12.2 Å². The first-order valence-corrected chi connectivity index (χ1v) is 9.36. The summed E-state index contributed by atoms with van der Waals surface area (Å²) in [6.07, 6.45) is 6.99. The fraction of sp³-hybridized carbons (Fsp3) is 0.571. The summed E-state index contributed by atoms with van der Waals surface area (Å²) in [5, 5.41) is 8.28. The van der Waals surface area contributed by atoms with Gasteiger partial charge in [-0.2, -0.15) is 0 Å². The van der Waals surface area contributed by atoms with Crippen LogP contribution in [0.15, 0.2) is 37.6 Å². The standard InChI is InChI=1S/C11H20O2.C5H8O3.C5H8O2/c1-4-7-8-10(5-2)9-13-11(12)6-3;1-3-8-5(7)4(2)6;1-3-5(6)7-4-2/h6,10H,3-5,7-9H2,1-2H3;6H,2-3H2,1H3;3H,1,4H2,2H3. The molecule has 7 heteroatoms. The Morgan fingerprint density at radius 1 is 0.929 bits per heavy atom. The van der Waals surface area contributed by atoms with Crippen LogP contribution in [0, 0.1) is 5.92 Å². The van der Waals surface area contributed by atoms with Crippen molar-refractivity contribution < 1.29 is 33.7 Å². The molecule has 0 aliphatic heterocycles. The summed E-state index contributed by atoms with van der Waals surface area (Å²) in [5.74, 6) is -1.46. The van der Waals surface area contributed by atoms with Crippen LogP contribution in [0.4, 0.5) is 0 Å². The van der Waals surface area contributed by atoms with Gasteiger partial charge in [-0.1, -0.05) is 46.3 Å². The van der Waals surface area contributed by atoms with E-state index in [4.69, 9.17) is 9.84 Å². The highest BCUT2D eigenvalue weighted by atomic mass is 16.5. The van der Waals surface area contributed by atoms with E-state index in [2.05, 4.69) is 43.1 Å². The zero-order valence-electron chi connectivity index (χ0n) is 17.7. The van der Waals surface area contributed by atoms with Crippen LogP contribution >= 0.6 is 0 Å². The van der Waals surface area contributed by atoms with Gasteiger partial charge >= 0.3 is 17.9 Å². The summed E-state index contributed by atoms with van der Waals surface area (Å²) in [6, 6.07) is 0. The molecule has 0 rings (SSSR count). The minimum Gasteiger partial charge on any atom is -0.502 e. The van der Waals surface area contributed by atoms with Crippen molar-refractivity contribution in [2.24, 2.45) is 5.92 Å². The molecule has 0 aromatic carbocycles. The smallest absolute Gasteiger partial charge is 0.372 e. The van der Waals surface area contributed by atoms with E-state index in [1.54, 1.807) is 13.8 Å². The molecular weight excluding hydrogens is 364 g/mol. The summed E-state index contributed by atoms with van der Waals surface area (Å²) in [7, 11) is 0. The molecule has 0 aromatic rings. The highest BCUT2D eigenvalue weighted by Crippen LogP contribution is 2.12. The maximum absolute atomic E-state index is 10.8. The van der Waals surface area contributed by atoms with Crippen molar-refractivity contribution in [2.75, 3.05) is 19.8 Å². The molecule has 0 amide bonds. The quantitative estimate of drug-likeness (QED) is 0.239. The van der Waals surface area contributed by atoms with Crippen molar-refractivity contribution in [3.05, 3.63) is 37.6 Å². The first kappa shape index (κ1) is 30.2. The van der Waals surface area contributed by atoms with Crippen molar-refractivity contribution in [1.82, 2.24) is 0 Å². The molecule has 1 unspecified atom stereocenters. The molecule has 7 nitrogen and oxygen atoms in total. The summed E-state index contributed by atoms with van der Waals surface area (Å²) in [4.78, 5) is 31.0. The lowest BCUT2D eigenvalue weighted by molar-refractivity contribution is -0.141. The van der Waals surface area contributed by atoms with E-state index < -0.39 is 11.7 Å². The van der Waals surface area contributed by atoms with Crippen LogP contribution < -0.4 is 0 Å². The number of carbonyl (C=O) groups excluding carboxylic acids is 3. The van der Waals surface area contributed by atoms with Gasteiger partial charge in [-0.15, -0.1) is 0 Å². The number of rotatable bonds is 11. The molecule has 0 heterocycles. The zero-order chi connectivity index (χ0) is 22.4. The van der Waals surface area contributed by atoms with E-state index in [-0.39, 0.29) is 18.5 Å². The van der Waals surface area contributed by atoms with Gasteiger partial charge < -0.3 is 19.3 Å².